The zero-order valence-corrected chi connectivity index (χ0v) is 16.9. The zero-order chi connectivity index (χ0) is 20.9. The summed E-state index contributed by atoms with van der Waals surface area (Å²) in [5.74, 6) is -2.72. The number of fused-ring (bicyclic) bond motifs is 4. The van der Waals surface area contributed by atoms with E-state index in [4.69, 9.17) is 4.74 Å². The second-order valence-electron chi connectivity index (χ2n) is 8.08. The molecular weight excluding hydrogens is 374 g/mol. The second kappa shape index (κ2) is 7.19. The third kappa shape index (κ3) is 2.73. The lowest BCUT2D eigenvalue weighted by molar-refractivity contribution is -0.143. The number of amides is 3. The number of aliphatic hydroxyl groups excluding tert-OH is 1. The predicted molar refractivity (Wildman–Crippen MR) is 105 cm³/mol. The third-order valence-electron chi connectivity index (χ3n) is 6.46. The van der Waals surface area contributed by atoms with Crippen LogP contribution >= 0.6 is 0 Å². The van der Waals surface area contributed by atoms with Crippen molar-refractivity contribution in [3.05, 3.63) is 29.3 Å². The van der Waals surface area contributed by atoms with Gasteiger partial charge in [-0.05, 0) is 31.4 Å². The minimum absolute atomic E-state index is 0.241. The van der Waals surface area contributed by atoms with E-state index in [0.29, 0.717) is 24.3 Å². The Morgan fingerprint density at radius 2 is 2.03 bits per heavy atom. The van der Waals surface area contributed by atoms with Gasteiger partial charge in [-0.25, -0.2) is 0 Å². The first-order chi connectivity index (χ1) is 13.9. The fourth-order valence-electron chi connectivity index (χ4n) is 5.06. The molecule has 4 rings (SSSR count). The maximum atomic E-state index is 13.4. The molecule has 0 aromatic heterocycles. The number of carbonyl (C=O) groups is 3. The van der Waals surface area contributed by atoms with Crippen LogP contribution in [0.1, 0.15) is 31.4 Å². The first-order valence-electron chi connectivity index (χ1n) is 10.1. The number of nitrogens with zero attached hydrogens (tertiary/aromatic N) is 1. The first kappa shape index (κ1) is 20.0. The lowest BCUT2D eigenvalue weighted by Gasteiger charge is -2.30. The number of methoxy groups -OCH3 is 1. The fourth-order valence-corrected chi connectivity index (χ4v) is 5.06. The molecule has 0 bridgehead atoms. The minimum atomic E-state index is -1.35. The molecule has 2 fully saturated rings. The summed E-state index contributed by atoms with van der Waals surface area (Å²) >= 11 is 0. The van der Waals surface area contributed by atoms with Gasteiger partial charge in [0.15, 0.2) is 0 Å². The van der Waals surface area contributed by atoms with Crippen LogP contribution in [0.3, 0.4) is 0 Å². The van der Waals surface area contributed by atoms with E-state index in [-0.39, 0.29) is 24.3 Å². The van der Waals surface area contributed by atoms with Gasteiger partial charge in [-0.2, -0.15) is 0 Å². The van der Waals surface area contributed by atoms with Crippen molar-refractivity contribution in [1.82, 2.24) is 10.2 Å². The highest BCUT2D eigenvalue weighted by atomic mass is 16.5. The van der Waals surface area contributed by atoms with E-state index in [2.05, 4.69) is 10.6 Å². The summed E-state index contributed by atoms with van der Waals surface area (Å²) in [5.41, 5.74) is 1.00. The number of hydrogen-bond acceptors (Lipinski definition) is 6. The van der Waals surface area contributed by atoms with Crippen LogP contribution in [0.15, 0.2) is 18.2 Å². The Labute approximate surface area is 169 Å². The van der Waals surface area contributed by atoms with E-state index < -0.39 is 29.5 Å². The number of hydrogen-bond donors (Lipinski definition) is 3. The molecular formula is C21H27N3O5. The Balaban J connectivity index is 1.81. The van der Waals surface area contributed by atoms with E-state index in [0.717, 1.165) is 12.0 Å². The van der Waals surface area contributed by atoms with Crippen molar-refractivity contribution in [2.75, 3.05) is 25.6 Å². The largest absolute Gasteiger partial charge is 0.392 e. The summed E-state index contributed by atoms with van der Waals surface area (Å²) in [6.07, 6.45) is 0.404. The number of benzene rings is 1. The van der Waals surface area contributed by atoms with Crippen LogP contribution < -0.4 is 10.6 Å². The van der Waals surface area contributed by atoms with Gasteiger partial charge in [-0.1, -0.05) is 19.1 Å². The van der Waals surface area contributed by atoms with Gasteiger partial charge in [-0.15, -0.1) is 0 Å². The molecule has 1 aromatic rings. The maximum Gasteiger partial charge on any atom is 0.250 e. The fraction of sp³-hybridized carbons (Fsp3) is 0.571. The van der Waals surface area contributed by atoms with E-state index >= 15 is 0 Å². The molecule has 3 N–H and O–H groups in total. The monoisotopic (exact) mass is 401 g/mol. The molecule has 1 spiro atoms. The van der Waals surface area contributed by atoms with Crippen molar-refractivity contribution in [2.24, 2.45) is 11.8 Å². The molecule has 3 aliphatic heterocycles. The van der Waals surface area contributed by atoms with Gasteiger partial charge >= 0.3 is 0 Å². The molecule has 2 saturated heterocycles. The molecule has 3 amide bonds. The lowest BCUT2D eigenvalue weighted by atomic mass is 9.76. The number of imide groups is 1. The van der Waals surface area contributed by atoms with Crippen LogP contribution in [-0.4, -0.2) is 60.1 Å². The Morgan fingerprint density at radius 3 is 2.69 bits per heavy atom. The van der Waals surface area contributed by atoms with Crippen LogP contribution in [-0.2, 0) is 31.1 Å². The van der Waals surface area contributed by atoms with E-state index in [1.54, 1.807) is 14.0 Å². The highest BCUT2D eigenvalue weighted by Gasteiger charge is 2.70. The quantitative estimate of drug-likeness (QED) is 0.470. The summed E-state index contributed by atoms with van der Waals surface area (Å²) < 4.78 is 5.04. The van der Waals surface area contributed by atoms with Gasteiger partial charge in [0.05, 0.1) is 17.9 Å². The van der Waals surface area contributed by atoms with Crippen LogP contribution in [0.2, 0.25) is 0 Å². The van der Waals surface area contributed by atoms with E-state index in [1.807, 2.05) is 25.1 Å². The standard InChI is InChI=1S/C21H27N3O5/c1-4-12-6-7-14-13(10-12)21(20(28)22-14)16-15(17(23-21)11(2)25)18(26)24(19(16)27)8-5-9-29-3/h6-7,10-11,15-17,23,25H,4-5,8-9H2,1-3H3,(H,22,28)/t11-,15+,16-,17-,21-/m1/s1. The van der Waals surface area contributed by atoms with Crippen molar-refractivity contribution in [1.29, 1.82) is 0 Å². The maximum absolute atomic E-state index is 13.4. The topological polar surface area (TPSA) is 108 Å². The molecule has 29 heavy (non-hydrogen) atoms. The molecule has 156 valence electrons. The van der Waals surface area contributed by atoms with E-state index in [1.165, 1.54) is 4.90 Å². The number of ether oxygens (including phenoxy) is 1. The number of aliphatic hydroxyl groups is 1. The van der Waals surface area contributed by atoms with Gasteiger partial charge in [-0.3, -0.25) is 24.6 Å². The highest BCUT2D eigenvalue weighted by molar-refractivity contribution is 6.15. The first-order valence-corrected chi connectivity index (χ1v) is 10.1. The highest BCUT2D eigenvalue weighted by Crippen LogP contribution is 2.53. The smallest absolute Gasteiger partial charge is 0.250 e. The molecule has 1 aromatic carbocycles. The van der Waals surface area contributed by atoms with Gasteiger partial charge in [0.2, 0.25) is 17.7 Å². The average molecular weight is 401 g/mol. The molecule has 0 aliphatic carbocycles. The number of likely N-dealkylation sites (tertiary alicyclic amines) is 1. The SMILES string of the molecule is CCc1ccc2c(c1)[C@]1(N[C@H]([C@@H](C)O)[C@H]3C(=O)N(CCCOC)C(=O)[C@@H]31)C(=O)N2. The molecule has 0 unspecified atom stereocenters. The van der Waals surface area contributed by atoms with Crippen molar-refractivity contribution in [2.45, 2.75) is 44.4 Å². The van der Waals surface area contributed by atoms with Crippen molar-refractivity contribution < 1.29 is 24.2 Å². The van der Waals surface area contributed by atoms with Crippen molar-refractivity contribution in [3.8, 4) is 0 Å². The Morgan fingerprint density at radius 1 is 1.28 bits per heavy atom. The lowest BCUT2D eigenvalue weighted by Crippen LogP contribution is -2.54. The van der Waals surface area contributed by atoms with Crippen LogP contribution in [0, 0.1) is 11.8 Å². The second-order valence-corrected chi connectivity index (χ2v) is 8.08. The summed E-state index contributed by atoms with van der Waals surface area (Å²) in [6.45, 7) is 4.27. The zero-order valence-electron chi connectivity index (χ0n) is 16.9. The van der Waals surface area contributed by atoms with Gasteiger partial charge in [0, 0.05) is 37.6 Å². The van der Waals surface area contributed by atoms with Crippen LogP contribution in [0.4, 0.5) is 5.69 Å². The Hall–Kier alpha value is -2.29. The molecule has 0 radical (unpaired) electrons. The summed E-state index contributed by atoms with van der Waals surface area (Å²) in [7, 11) is 1.57. The van der Waals surface area contributed by atoms with Gasteiger partial charge in [0.1, 0.15) is 5.54 Å². The Bertz CT molecular complexity index is 870. The van der Waals surface area contributed by atoms with Crippen LogP contribution in [0.25, 0.3) is 0 Å². The van der Waals surface area contributed by atoms with Gasteiger partial charge in [0.25, 0.3) is 0 Å². The van der Waals surface area contributed by atoms with Gasteiger partial charge < -0.3 is 15.2 Å². The molecule has 3 aliphatic rings. The molecule has 0 saturated carbocycles. The van der Waals surface area contributed by atoms with Crippen molar-refractivity contribution in [3.63, 3.8) is 0 Å². The number of anilines is 1. The van der Waals surface area contributed by atoms with Crippen LogP contribution in [0.5, 0.6) is 0 Å². The van der Waals surface area contributed by atoms with Crippen molar-refractivity contribution >= 4 is 23.4 Å². The number of carbonyl (C=O) groups excluding carboxylic acids is 3. The summed E-state index contributed by atoms with van der Waals surface area (Å²) in [5, 5.41) is 16.5. The predicted octanol–water partition coefficient (Wildman–Crippen LogP) is 0.387. The van der Waals surface area contributed by atoms with E-state index in [9.17, 15) is 19.5 Å². The minimum Gasteiger partial charge on any atom is -0.392 e. The molecule has 5 atom stereocenters. The summed E-state index contributed by atoms with van der Waals surface area (Å²) in [4.78, 5) is 41.0. The average Bonchev–Trinajstić information content (AvgIpc) is 3.28. The molecule has 8 nitrogen and oxygen atoms in total. The number of nitrogens with one attached hydrogen (secondary N) is 2. The Kier molecular flexibility index (Phi) is 4.96. The molecule has 3 heterocycles. The summed E-state index contributed by atoms with van der Waals surface area (Å²) in [6, 6.07) is 5.01. The number of aryl methyl sites for hydroxylation is 1. The molecule has 8 heteroatoms. The number of rotatable bonds is 6. The third-order valence-corrected chi connectivity index (χ3v) is 6.46. The normalized spacial score (nSPS) is 31.4.